The molecule has 0 saturated heterocycles. The van der Waals surface area contributed by atoms with Crippen molar-refractivity contribution in [2.24, 2.45) is 0 Å². The highest BCUT2D eigenvalue weighted by Crippen LogP contribution is 2.22. The smallest absolute Gasteiger partial charge is 0.236 e. The molecule has 0 saturated carbocycles. The molecule has 0 N–H and O–H groups in total. The summed E-state index contributed by atoms with van der Waals surface area (Å²) in [5.41, 5.74) is 2.92. The highest BCUT2D eigenvalue weighted by atomic mass is 32.1. The molecule has 0 bridgehead atoms. The van der Waals surface area contributed by atoms with E-state index < -0.39 is 0 Å². The number of thiophene rings is 1. The summed E-state index contributed by atoms with van der Waals surface area (Å²) in [6.07, 6.45) is 12.8. The highest BCUT2D eigenvalue weighted by molar-refractivity contribution is 7.09. The largest absolute Gasteiger partial charge is 0.476 e. The van der Waals surface area contributed by atoms with Crippen LogP contribution >= 0.6 is 11.3 Å². The van der Waals surface area contributed by atoms with Gasteiger partial charge in [0, 0.05) is 10.8 Å². The first-order valence-corrected chi connectivity index (χ1v) is 10.1. The molecule has 0 spiro atoms. The maximum absolute atomic E-state index is 5.90. The lowest BCUT2D eigenvalue weighted by Gasteiger charge is -2.09. The number of nitrogens with zero attached hydrogens (tertiary/aromatic N) is 2. The van der Waals surface area contributed by atoms with Crippen LogP contribution in [0.3, 0.4) is 0 Å². The Morgan fingerprint density at radius 2 is 1.43 bits per heavy atom. The van der Waals surface area contributed by atoms with E-state index in [0.29, 0.717) is 0 Å². The van der Waals surface area contributed by atoms with E-state index in [9.17, 15) is 0 Å². The van der Waals surface area contributed by atoms with Crippen molar-refractivity contribution < 1.29 is 4.74 Å². The number of aromatic nitrogens is 2. The summed E-state index contributed by atoms with van der Waals surface area (Å²) < 4.78 is 5.90. The molecular formula is C19H30N2OS. The van der Waals surface area contributed by atoms with Crippen molar-refractivity contribution in [3.8, 4) is 5.88 Å². The van der Waals surface area contributed by atoms with E-state index in [0.717, 1.165) is 42.1 Å². The number of hydrogen-bond acceptors (Lipinski definition) is 4. The van der Waals surface area contributed by atoms with Crippen molar-refractivity contribution >= 4 is 22.4 Å². The second-order valence-electron chi connectivity index (χ2n) is 6.15. The summed E-state index contributed by atoms with van der Waals surface area (Å²) in [6.45, 7) is 5.13. The van der Waals surface area contributed by atoms with Crippen molar-refractivity contribution in [1.29, 1.82) is 0 Å². The van der Waals surface area contributed by atoms with Crippen molar-refractivity contribution in [2.75, 3.05) is 6.61 Å². The molecule has 0 aliphatic rings. The summed E-state index contributed by atoms with van der Waals surface area (Å²) in [5, 5.41) is 4.08. The van der Waals surface area contributed by atoms with E-state index in [-0.39, 0.29) is 0 Å². The minimum absolute atomic E-state index is 0.734. The predicted molar refractivity (Wildman–Crippen MR) is 99.5 cm³/mol. The Bertz CT molecular complexity index is 567. The molecule has 0 unspecified atom stereocenters. The van der Waals surface area contributed by atoms with Gasteiger partial charge in [-0.1, -0.05) is 65.2 Å². The molecule has 0 amide bonds. The van der Waals surface area contributed by atoms with Gasteiger partial charge in [0.1, 0.15) is 11.2 Å². The predicted octanol–water partition coefficient (Wildman–Crippen LogP) is 6.16. The summed E-state index contributed by atoms with van der Waals surface area (Å²) in [4.78, 5) is 9.25. The van der Waals surface area contributed by atoms with Gasteiger partial charge in [-0.25, -0.2) is 9.97 Å². The average molecular weight is 335 g/mol. The number of hydrogen-bond donors (Lipinski definition) is 0. The Balaban J connectivity index is 1.62. The highest BCUT2D eigenvalue weighted by Gasteiger charge is 2.09. The first kappa shape index (κ1) is 18.2. The zero-order chi connectivity index (χ0) is 16.3. The van der Waals surface area contributed by atoms with Crippen LogP contribution in [0.2, 0.25) is 0 Å². The molecule has 2 rings (SSSR count). The van der Waals surface area contributed by atoms with Gasteiger partial charge in [-0.2, -0.15) is 0 Å². The van der Waals surface area contributed by atoms with E-state index >= 15 is 0 Å². The topological polar surface area (TPSA) is 35.0 Å². The summed E-state index contributed by atoms with van der Waals surface area (Å²) in [7, 11) is 0. The van der Waals surface area contributed by atoms with Crippen LogP contribution in [0, 0.1) is 0 Å². The third-order valence-corrected chi connectivity index (χ3v) is 4.89. The molecule has 0 aliphatic carbocycles. The van der Waals surface area contributed by atoms with E-state index in [4.69, 9.17) is 4.74 Å². The van der Waals surface area contributed by atoms with E-state index in [1.54, 1.807) is 11.3 Å². The number of fused-ring (bicyclic) bond motifs is 1. The number of rotatable bonds is 12. The molecular weight excluding hydrogens is 304 g/mol. The van der Waals surface area contributed by atoms with E-state index in [1.807, 2.05) is 10.8 Å². The van der Waals surface area contributed by atoms with Gasteiger partial charge >= 0.3 is 0 Å². The second-order valence-corrected chi connectivity index (χ2v) is 6.89. The average Bonchev–Trinajstić information content (AvgIpc) is 3.03. The van der Waals surface area contributed by atoms with Crippen LogP contribution < -0.4 is 4.74 Å². The van der Waals surface area contributed by atoms with Gasteiger partial charge in [0.15, 0.2) is 0 Å². The zero-order valence-electron chi connectivity index (χ0n) is 14.6. The van der Waals surface area contributed by atoms with E-state index in [2.05, 4.69) is 23.8 Å². The lowest BCUT2D eigenvalue weighted by Crippen LogP contribution is -2.04. The number of unbranched alkanes of at least 4 members (excludes halogenated alkanes) is 8. The summed E-state index contributed by atoms with van der Waals surface area (Å²) in [5.74, 6) is 0.734. The molecule has 0 fully saturated rings. The van der Waals surface area contributed by atoms with Crippen molar-refractivity contribution in [2.45, 2.75) is 78.1 Å². The fourth-order valence-corrected chi connectivity index (χ4v) is 3.42. The standard InChI is InChI=1S/C19H30N2OS/c1-3-5-6-7-8-9-10-11-12-13-22-19-16(4-2)20-17-14-23-15-18(17)21-19/h14-15H,3-13H2,1-2H3. The van der Waals surface area contributed by atoms with E-state index in [1.165, 1.54) is 51.4 Å². The van der Waals surface area contributed by atoms with Gasteiger partial charge in [-0.3, -0.25) is 0 Å². The normalized spacial score (nSPS) is 11.2. The van der Waals surface area contributed by atoms with Crippen LogP contribution in [0.4, 0.5) is 0 Å². The molecule has 23 heavy (non-hydrogen) atoms. The van der Waals surface area contributed by atoms with Crippen molar-refractivity contribution in [1.82, 2.24) is 9.97 Å². The molecule has 3 nitrogen and oxygen atoms in total. The molecule has 4 heteroatoms. The first-order chi connectivity index (χ1) is 11.3. The fourth-order valence-electron chi connectivity index (χ4n) is 2.75. The number of aryl methyl sites for hydroxylation is 1. The van der Waals surface area contributed by atoms with Crippen LogP contribution in [0.1, 0.15) is 77.3 Å². The summed E-state index contributed by atoms with van der Waals surface area (Å²) >= 11 is 1.64. The third-order valence-electron chi connectivity index (χ3n) is 4.17. The zero-order valence-corrected chi connectivity index (χ0v) is 15.5. The lowest BCUT2D eigenvalue weighted by molar-refractivity contribution is 0.290. The molecule has 0 aliphatic heterocycles. The van der Waals surface area contributed by atoms with Crippen molar-refractivity contribution in [3.63, 3.8) is 0 Å². The van der Waals surface area contributed by atoms with Gasteiger partial charge in [0.25, 0.3) is 0 Å². The van der Waals surface area contributed by atoms with Crippen molar-refractivity contribution in [3.05, 3.63) is 16.5 Å². The lowest BCUT2D eigenvalue weighted by atomic mass is 10.1. The van der Waals surface area contributed by atoms with Crippen LogP contribution in [0.15, 0.2) is 10.8 Å². The van der Waals surface area contributed by atoms with Crippen LogP contribution in [0.25, 0.3) is 11.0 Å². The molecule has 2 heterocycles. The van der Waals surface area contributed by atoms with Gasteiger partial charge < -0.3 is 4.74 Å². The Labute approximate surface area is 144 Å². The monoisotopic (exact) mass is 334 g/mol. The minimum Gasteiger partial charge on any atom is -0.476 e. The molecule has 2 aromatic heterocycles. The quantitative estimate of drug-likeness (QED) is 0.436. The molecule has 2 aromatic rings. The Hall–Kier alpha value is -1.16. The number of ether oxygens (including phenoxy) is 1. The van der Waals surface area contributed by atoms with Gasteiger partial charge in [0.2, 0.25) is 5.88 Å². The Morgan fingerprint density at radius 3 is 2.09 bits per heavy atom. The van der Waals surface area contributed by atoms with Gasteiger partial charge in [-0.15, -0.1) is 11.3 Å². The van der Waals surface area contributed by atoms with Crippen LogP contribution in [-0.2, 0) is 6.42 Å². The first-order valence-electron chi connectivity index (χ1n) is 9.20. The maximum atomic E-state index is 5.90. The van der Waals surface area contributed by atoms with Gasteiger partial charge in [-0.05, 0) is 12.8 Å². The Kier molecular flexibility index (Phi) is 8.37. The molecule has 0 radical (unpaired) electrons. The third kappa shape index (κ3) is 6.09. The molecule has 128 valence electrons. The molecule has 0 atom stereocenters. The maximum Gasteiger partial charge on any atom is 0.236 e. The minimum atomic E-state index is 0.734. The molecule has 0 aromatic carbocycles. The Morgan fingerprint density at radius 1 is 0.826 bits per heavy atom. The van der Waals surface area contributed by atoms with Crippen LogP contribution in [-0.4, -0.2) is 16.6 Å². The summed E-state index contributed by atoms with van der Waals surface area (Å²) in [6, 6.07) is 0. The SMILES string of the molecule is CCCCCCCCCCCOc1nc2cscc2nc1CC. The van der Waals surface area contributed by atoms with Gasteiger partial charge in [0.05, 0.1) is 12.1 Å². The second kappa shape index (κ2) is 10.6. The van der Waals surface area contributed by atoms with Crippen LogP contribution in [0.5, 0.6) is 5.88 Å². The fraction of sp³-hybridized carbons (Fsp3) is 0.684.